The largest absolute Gasteiger partial charge is 0.465 e. The summed E-state index contributed by atoms with van der Waals surface area (Å²) in [6.07, 6.45) is -1.39. The Morgan fingerprint density at radius 3 is 1.27 bits per heavy atom. The number of alkyl halides is 8. The zero-order chi connectivity index (χ0) is 39.5. The van der Waals surface area contributed by atoms with Crippen molar-refractivity contribution in [2.24, 2.45) is 35.5 Å². The zero-order valence-electron chi connectivity index (χ0n) is 29.5. The van der Waals surface area contributed by atoms with Gasteiger partial charge in [-0.1, -0.05) is 0 Å². The molecule has 52 heavy (non-hydrogen) atoms. The third-order valence-electron chi connectivity index (χ3n) is 9.04. The van der Waals surface area contributed by atoms with Gasteiger partial charge in [-0.2, -0.15) is 35.1 Å². The van der Waals surface area contributed by atoms with Gasteiger partial charge in [0, 0.05) is 24.9 Å². The average Bonchev–Trinajstić information content (AvgIpc) is 3.05. The van der Waals surface area contributed by atoms with Gasteiger partial charge < -0.3 is 37.9 Å². The molecule has 2 saturated heterocycles. The number of Topliss-reactive ketones (excluding diaryl/α,β-unsaturated/α-hetero) is 1. The van der Waals surface area contributed by atoms with Crippen molar-refractivity contribution < 1.29 is 92.2 Å². The van der Waals surface area contributed by atoms with E-state index in [2.05, 4.69) is 9.47 Å². The maximum Gasteiger partial charge on any atom is 0.381 e. The number of ether oxygens (including phenoxy) is 8. The summed E-state index contributed by atoms with van der Waals surface area (Å²) in [4.78, 5) is 52.6. The molecular formula is C32H44F8O12. The minimum absolute atomic E-state index is 0.0703. The van der Waals surface area contributed by atoms with Crippen molar-refractivity contribution in [3.8, 4) is 0 Å². The molecule has 0 spiro atoms. The molecule has 12 nitrogen and oxygen atoms in total. The van der Waals surface area contributed by atoms with Crippen molar-refractivity contribution in [2.75, 3.05) is 60.0 Å². The van der Waals surface area contributed by atoms with E-state index in [-0.39, 0.29) is 39.6 Å². The number of carbonyl (C=O) groups is 4. The molecule has 0 aromatic rings. The highest BCUT2D eigenvalue weighted by Gasteiger charge is 2.80. The third kappa shape index (κ3) is 10.1. The van der Waals surface area contributed by atoms with Crippen LogP contribution in [0, 0.1) is 35.5 Å². The van der Waals surface area contributed by atoms with Crippen LogP contribution in [-0.2, 0) is 57.1 Å². The van der Waals surface area contributed by atoms with E-state index in [1.165, 1.54) is 0 Å². The second-order valence-corrected chi connectivity index (χ2v) is 14.1. The van der Waals surface area contributed by atoms with E-state index < -0.39 is 121 Å². The number of esters is 3. The Balaban J connectivity index is 1.81. The Hall–Kier alpha value is -2.68. The number of carbonyl (C=O) groups excluding carboxylic acids is 4. The van der Waals surface area contributed by atoms with Crippen molar-refractivity contribution in [3.63, 3.8) is 0 Å². The number of ketones is 1. The van der Waals surface area contributed by atoms with Gasteiger partial charge in [-0.3, -0.25) is 19.2 Å². The fourth-order valence-corrected chi connectivity index (χ4v) is 5.79. The van der Waals surface area contributed by atoms with E-state index >= 15 is 0 Å². The van der Waals surface area contributed by atoms with E-state index in [4.69, 9.17) is 28.4 Å². The summed E-state index contributed by atoms with van der Waals surface area (Å²) in [6.45, 7) is 2.34. The molecule has 0 radical (unpaired) electrons. The van der Waals surface area contributed by atoms with Gasteiger partial charge >= 0.3 is 41.6 Å². The van der Waals surface area contributed by atoms with Crippen LogP contribution in [0.5, 0.6) is 0 Å². The smallest absolute Gasteiger partial charge is 0.381 e. The number of rotatable bonds is 15. The third-order valence-corrected chi connectivity index (χ3v) is 9.04. The molecule has 2 aliphatic heterocycles. The molecule has 1 saturated carbocycles. The summed E-state index contributed by atoms with van der Waals surface area (Å²) < 4.78 is 154. The first-order valence-electron chi connectivity index (χ1n) is 16.3. The zero-order valence-corrected chi connectivity index (χ0v) is 29.5. The van der Waals surface area contributed by atoms with Crippen molar-refractivity contribution in [3.05, 3.63) is 0 Å². The highest BCUT2D eigenvalue weighted by atomic mass is 19.4. The summed E-state index contributed by atoms with van der Waals surface area (Å²) in [7, 11) is 0.449. The van der Waals surface area contributed by atoms with Crippen molar-refractivity contribution in [1.82, 2.24) is 0 Å². The molecule has 0 amide bonds. The summed E-state index contributed by atoms with van der Waals surface area (Å²) in [5.74, 6) is -39.2. The monoisotopic (exact) mass is 772 g/mol. The molecule has 0 aromatic carbocycles. The van der Waals surface area contributed by atoms with Crippen LogP contribution in [-0.4, -0.2) is 119 Å². The first kappa shape index (κ1) is 43.7. The van der Waals surface area contributed by atoms with Gasteiger partial charge in [-0.15, -0.1) is 0 Å². The van der Waals surface area contributed by atoms with Gasteiger partial charge in [0.25, 0.3) is 0 Å². The summed E-state index contributed by atoms with van der Waals surface area (Å²) in [5, 5.41) is 0. The van der Waals surface area contributed by atoms with Crippen LogP contribution in [0.4, 0.5) is 35.1 Å². The lowest BCUT2D eigenvalue weighted by atomic mass is 9.67. The van der Waals surface area contributed by atoms with Gasteiger partial charge in [0.05, 0.1) is 57.4 Å². The highest BCUT2D eigenvalue weighted by Crippen LogP contribution is 2.53. The molecule has 4 unspecified atom stereocenters. The predicted octanol–water partition coefficient (Wildman–Crippen LogP) is 4.45. The maximum atomic E-state index is 14.6. The fourth-order valence-electron chi connectivity index (χ4n) is 5.79. The molecule has 4 atom stereocenters. The SMILES string of the molecule is COCC(F)(F)C(F)(F)C(F)(F)C(F)(F)COC(=O)C1CC(C(C)=O)C(C(=O)OCC2COC(C)(C)OC2)CC1C(=O)OCC1COC(C)(C)OC1. The Morgan fingerprint density at radius 1 is 0.577 bits per heavy atom. The molecule has 1 aliphatic carbocycles. The molecule has 3 fully saturated rings. The standard InChI is InChI=1S/C32H44F8O12/c1-17(41)20-7-22(26(44)48-16-30(35,36)32(39,40)31(37,38)29(33,34)15-45-6)23(25(43)47-10-19-13-51-28(4,5)52-14-19)8-21(20)24(42)46-9-18-11-49-27(2,3)50-12-18/h18-23H,7-16H2,1-6H3. The minimum atomic E-state index is -6.77. The van der Waals surface area contributed by atoms with Crippen molar-refractivity contribution >= 4 is 23.7 Å². The summed E-state index contributed by atoms with van der Waals surface area (Å²) in [6, 6.07) is 0. The van der Waals surface area contributed by atoms with Crippen LogP contribution in [0.15, 0.2) is 0 Å². The predicted molar refractivity (Wildman–Crippen MR) is 157 cm³/mol. The summed E-state index contributed by atoms with van der Waals surface area (Å²) in [5.41, 5.74) is 0. The van der Waals surface area contributed by atoms with Crippen LogP contribution < -0.4 is 0 Å². The van der Waals surface area contributed by atoms with Gasteiger partial charge in [0.2, 0.25) is 0 Å². The normalized spacial score (nSPS) is 26.3. The first-order valence-corrected chi connectivity index (χ1v) is 16.3. The maximum absolute atomic E-state index is 14.6. The Labute approximate surface area is 294 Å². The summed E-state index contributed by atoms with van der Waals surface area (Å²) >= 11 is 0. The van der Waals surface area contributed by atoms with E-state index in [1.54, 1.807) is 27.7 Å². The number of hydrogen-bond donors (Lipinski definition) is 0. The van der Waals surface area contributed by atoms with Crippen molar-refractivity contribution in [1.29, 1.82) is 0 Å². The van der Waals surface area contributed by atoms with Gasteiger partial charge in [-0.05, 0) is 47.5 Å². The molecule has 2 heterocycles. The van der Waals surface area contributed by atoms with E-state index in [0.29, 0.717) is 7.11 Å². The highest BCUT2D eigenvalue weighted by molar-refractivity contribution is 5.89. The molecule has 0 bridgehead atoms. The van der Waals surface area contributed by atoms with E-state index in [9.17, 15) is 54.3 Å². The molecule has 0 N–H and O–H groups in total. The quantitative estimate of drug-likeness (QED) is 0.132. The van der Waals surface area contributed by atoms with Gasteiger partial charge in [0.15, 0.2) is 18.2 Å². The van der Waals surface area contributed by atoms with Crippen LogP contribution >= 0.6 is 0 Å². The number of hydrogen-bond acceptors (Lipinski definition) is 12. The van der Waals surface area contributed by atoms with Gasteiger partial charge in [0.1, 0.15) is 12.4 Å². The van der Waals surface area contributed by atoms with E-state index in [0.717, 1.165) is 6.92 Å². The van der Waals surface area contributed by atoms with Crippen LogP contribution in [0.25, 0.3) is 0 Å². The average molecular weight is 773 g/mol. The minimum Gasteiger partial charge on any atom is -0.465 e. The second kappa shape index (κ2) is 16.4. The Kier molecular flexibility index (Phi) is 13.8. The first-order chi connectivity index (χ1) is 23.8. The lowest BCUT2D eigenvalue weighted by Crippen LogP contribution is -2.64. The Bertz CT molecular complexity index is 1270. The number of methoxy groups -OCH3 is 1. The number of halogens is 8. The van der Waals surface area contributed by atoms with Crippen molar-refractivity contribution in [2.45, 2.75) is 82.7 Å². The fraction of sp³-hybridized carbons (Fsp3) is 0.875. The molecule has 300 valence electrons. The topological polar surface area (TPSA) is 142 Å². The Morgan fingerprint density at radius 2 is 0.904 bits per heavy atom. The second-order valence-electron chi connectivity index (χ2n) is 14.1. The molecule has 3 rings (SSSR count). The van der Waals surface area contributed by atoms with Crippen LogP contribution in [0.2, 0.25) is 0 Å². The van der Waals surface area contributed by atoms with E-state index in [1.807, 2.05) is 0 Å². The van der Waals surface area contributed by atoms with Crippen LogP contribution in [0.1, 0.15) is 47.5 Å². The van der Waals surface area contributed by atoms with Gasteiger partial charge in [-0.25, -0.2) is 0 Å². The lowest BCUT2D eigenvalue weighted by molar-refractivity contribution is -0.374. The molecule has 0 aromatic heterocycles. The lowest BCUT2D eigenvalue weighted by Gasteiger charge is -2.39. The molecular weight excluding hydrogens is 728 g/mol. The molecule has 3 aliphatic rings. The molecule has 20 heteroatoms. The van der Waals surface area contributed by atoms with Crippen LogP contribution in [0.3, 0.4) is 0 Å².